The maximum absolute atomic E-state index is 12.9. The number of morpholine rings is 1. The second kappa shape index (κ2) is 10.3. The number of ether oxygens (including phenoxy) is 1. The van der Waals surface area contributed by atoms with E-state index in [-0.39, 0.29) is 17.9 Å². The molecule has 2 aromatic heterocycles. The van der Waals surface area contributed by atoms with Crippen LogP contribution >= 0.6 is 0 Å². The van der Waals surface area contributed by atoms with E-state index in [2.05, 4.69) is 16.1 Å². The van der Waals surface area contributed by atoms with Gasteiger partial charge in [-0.25, -0.2) is 0 Å². The summed E-state index contributed by atoms with van der Waals surface area (Å²) in [6.45, 7) is 6.69. The largest absolute Gasteiger partial charge is 0.379 e. The Kier molecular flexibility index (Phi) is 7.09. The summed E-state index contributed by atoms with van der Waals surface area (Å²) in [4.78, 5) is 27.6. The molecule has 0 radical (unpaired) electrons. The van der Waals surface area contributed by atoms with Crippen LogP contribution in [-0.2, 0) is 17.8 Å². The Morgan fingerprint density at radius 3 is 2.69 bits per heavy atom. The predicted octanol–water partition coefficient (Wildman–Crippen LogP) is 2.63. The van der Waals surface area contributed by atoms with Crippen LogP contribution in [0, 0.1) is 6.92 Å². The number of benzene rings is 1. The van der Waals surface area contributed by atoms with Gasteiger partial charge >= 0.3 is 0 Å². The molecule has 0 N–H and O–H groups in total. The zero-order chi connectivity index (χ0) is 22.3. The summed E-state index contributed by atoms with van der Waals surface area (Å²) in [5, 5.41) is 4.38. The first-order chi connectivity index (χ1) is 15.6. The van der Waals surface area contributed by atoms with Gasteiger partial charge in [0.2, 0.25) is 0 Å². The molecule has 0 saturated carbocycles. The van der Waals surface area contributed by atoms with Gasteiger partial charge in [0, 0.05) is 37.6 Å². The quantitative estimate of drug-likeness (QED) is 0.512. The van der Waals surface area contributed by atoms with Crippen LogP contribution in [0.5, 0.6) is 0 Å². The van der Waals surface area contributed by atoms with Gasteiger partial charge in [0.05, 0.1) is 38.1 Å². The molecule has 1 saturated heterocycles. The Hall–Kier alpha value is -3.29. The Morgan fingerprint density at radius 1 is 1.12 bits per heavy atom. The average Bonchev–Trinajstić information content (AvgIpc) is 3.17. The summed E-state index contributed by atoms with van der Waals surface area (Å²) in [5.41, 5.74) is 3.15. The molecule has 0 bridgehead atoms. The van der Waals surface area contributed by atoms with E-state index in [0.29, 0.717) is 12.1 Å². The zero-order valence-corrected chi connectivity index (χ0v) is 18.3. The standard InChI is InChI=1S/C25H28N4O3/c1-20-23(16-26-29(20)18-21-6-3-2-4-7-21)24(30)19-28-17-22(9-10-25(28)31)8-5-11-27-12-14-32-15-13-27/h2-10,16-17H,11-15,18-19H2,1H3/b8-5+. The van der Waals surface area contributed by atoms with E-state index in [9.17, 15) is 9.59 Å². The summed E-state index contributed by atoms with van der Waals surface area (Å²) in [5.74, 6) is -0.127. The Morgan fingerprint density at radius 2 is 1.91 bits per heavy atom. The van der Waals surface area contributed by atoms with Crippen molar-refractivity contribution in [2.75, 3.05) is 32.8 Å². The fourth-order valence-electron chi connectivity index (χ4n) is 3.77. The molecule has 3 heterocycles. The molecule has 166 valence electrons. The molecule has 1 fully saturated rings. The molecule has 7 nitrogen and oxygen atoms in total. The lowest BCUT2D eigenvalue weighted by Gasteiger charge is -2.25. The van der Waals surface area contributed by atoms with Crippen molar-refractivity contribution in [1.29, 1.82) is 0 Å². The molecule has 32 heavy (non-hydrogen) atoms. The lowest BCUT2D eigenvalue weighted by molar-refractivity contribution is 0.0435. The second-order valence-corrected chi connectivity index (χ2v) is 7.95. The van der Waals surface area contributed by atoms with Crippen molar-refractivity contribution in [3.8, 4) is 0 Å². The van der Waals surface area contributed by atoms with E-state index in [4.69, 9.17) is 4.74 Å². The molecule has 1 aromatic carbocycles. The highest BCUT2D eigenvalue weighted by Crippen LogP contribution is 2.12. The van der Waals surface area contributed by atoms with Crippen molar-refractivity contribution >= 4 is 11.9 Å². The monoisotopic (exact) mass is 432 g/mol. The Labute approximate surface area is 187 Å². The van der Waals surface area contributed by atoms with Crippen LogP contribution < -0.4 is 5.56 Å². The van der Waals surface area contributed by atoms with Crippen LogP contribution in [0.3, 0.4) is 0 Å². The Balaban J connectivity index is 1.43. The van der Waals surface area contributed by atoms with Crippen LogP contribution in [0.1, 0.15) is 27.2 Å². The zero-order valence-electron chi connectivity index (χ0n) is 18.3. The third-order valence-electron chi connectivity index (χ3n) is 5.68. The SMILES string of the molecule is Cc1c(C(=O)Cn2cc(/C=C/CN3CCOCC3)ccc2=O)cnn1Cc1ccccc1. The van der Waals surface area contributed by atoms with E-state index in [1.165, 1.54) is 10.6 Å². The lowest BCUT2D eigenvalue weighted by Crippen LogP contribution is -2.36. The van der Waals surface area contributed by atoms with Gasteiger partial charge in [0.1, 0.15) is 0 Å². The van der Waals surface area contributed by atoms with Crippen LogP contribution in [-0.4, -0.2) is 57.9 Å². The maximum atomic E-state index is 12.9. The van der Waals surface area contributed by atoms with Gasteiger partial charge < -0.3 is 9.30 Å². The minimum absolute atomic E-state index is 0.0121. The van der Waals surface area contributed by atoms with Gasteiger partial charge in [0.15, 0.2) is 5.78 Å². The molecule has 1 aliphatic heterocycles. The first-order valence-electron chi connectivity index (χ1n) is 10.9. The minimum atomic E-state index is -0.196. The minimum Gasteiger partial charge on any atom is -0.379 e. The van der Waals surface area contributed by atoms with Crippen molar-refractivity contribution in [1.82, 2.24) is 19.2 Å². The van der Waals surface area contributed by atoms with Gasteiger partial charge in [-0.05, 0) is 24.1 Å². The molecule has 3 aromatic rings. The van der Waals surface area contributed by atoms with Crippen LogP contribution in [0.4, 0.5) is 0 Å². The highest BCUT2D eigenvalue weighted by molar-refractivity contribution is 5.96. The molecular formula is C25H28N4O3. The van der Waals surface area contributed by atoms with E-state index < -0.39 is 0 Å². The third-order valence-corrected chi connectivity index (χ3v) is 5.68. The number of nitrogens with zero attached hydrogens (tertiary/aromatic N) is 4. The molecule has 0 spiro atoms. The van der Waals surface area contributed by atoms with E-state index in [0.717, 1.165) is 49.7 Å². The predicted molar refractivity (Wildman–Crippen MR) is 124 cm³/mol. The fraction of sp³-hybridized carbons (Fsp3) is 0.320. The molecule has 0 unspecified atom stereocenters. The summed E-state index contributed by atoms with van der Waals surface area (Å²) in [6.07, 6.45) is 7.39. The topological polar surface area (TPSA) is 69.4 Å². The number of carbonyl (C=O) groups is 1. The first kappa shape index (κ1) is 21.9. The molecule has 7 heteroatoms. The third kappa shape index (κ3) is 5.49. The number of hydrogen-bond donors (Lipinski definition) is 0. The van der Waals surface area contributed by atoms with Crippen molar-refractivity contribution in [2.45, 2.75) is 20.0 Å². The van der Waals surface area contributed by atoms with Gasteiger partial charge in [-0.2, -0.15) is 5.10 Å². The fourth-order valence-corrected chi connectivity index (χ4v) is 3.77. The summed E-state index contributed by atoms with van der Waals surface area (Å²) in [6, 6.07) is 13.3. The van der Waals surface area contributed by atoms with Crippen LogP contribution in [0.15, 0.2) is 65.7 Å². The number of rotatable bonds is 8. The van der Waals surface area contributed by atoms with Crippen molar-refractivity contribution in [3.05, 3.63) is 93.7 Å². The van der Waals surface area contributed by atoms with Crippen molar-refractivity contribution in [2.24, 2.45) is 0 Å². The van der Waals surface area contributed by atoms with Gasteiger partial charge in [-0.15, -0.1) is 0 Å². The molecule has 0 aliphatic carbocycles. The van der Waals surface area contributed by atoms with Gasteiger partial charge in [0.25, 0.3) is 5.56 Å². The Bertz CT molecular complexity index is 1140. The van der Waals surface area contributed by atoms with E-state index >= 15 is 0 Å². The summed E-state index contributed by atoms with van der Waals surface area (Å²) < 4.78 is 8.64. The smallest absolute Gasteiger partial charge is 0.250 e. The van der Waals surface area contributed by atoms with Crippen LogP contribution in [0.2, 0.25) is 0 Å². The van der Waals surface area contributed by atoms with Crippen molar-refractivity contribution < 1.29 is 9.53 Å². The molecular weight excluding hydrogens is 404 g/mol. The first-order valence-corrected chi connectivity index (χ1v) is 10.9. The summed E-state index contributed by atoms with van der Waals surface area (Å²) in [7, 11) is 0. The number of ketones is 1. The lowest BCUT2D eigenvalue weighted by atomic mass is 10.1. The number of pyridine rings is 1. The highest BCUT2D eigenvalue weighted by atomic mass is 16.5. The average molecular weight is 433 g/mol. The van der Waals surface area contributed by atoms with E-state index in [1.807, 2.05) is 48.0 Å². The molecule has 0 amide bonds. The molecule has 0 atom stereocenters. The maximum Gasteiger partial charge on any atom is 0.250 e. The highest BCUT2D eigenvalue weighted by Gasteiger charge is 2.15. The number of Topliss-reactive ketones (excluding diaryl/α,β-unsaturated/α-hetero) is 1. The van der Waals surface area contributed by atoms with Crippen LogP contribution in [0.25, 0.3) is 6.08 Å². The second-order valence-electron chi connectivity index (χ2n) is 7.95. The summed E-state index contributed by atoms with van der Waals surface area (Å²) >= 11 is 0. The van der Waals surface area contributed by atoms with E-state index in [1.54, 1.807) is 18.5 Å². The molecule has 4 rings (SSSR count). The molecule has 1 aliphatic rings. The van der Waals surface area contributed by atoms with Gasteiger partial charge in [-0.3, -0.25) is 19.2 Å². The van der Waals surface area contributed by atoms with Gasteiger partial charge in [-0.1, -0.05) is 42.5 Å². The number of hydrogen-bond acceptors (Lipinski definition) is 5. The number of carbonyl (C=O) groups excluding carboxylic acids is 1. The number of aromatic nitrogens is 3. The van der Waals surface area contributed by atoms with Crippen molar-refractivity contribution in [3.63, 3.8) is 0 Å². The normalized spacial score (nSPS) is 14.8.